The second kappa shape index (κ2) is 7.97. The Kier molecular flexibility index (Phi) is 6.32. The molecule has 0 spiro atoms. The second-order valence-electron chi connectivity index (χ2n) is 5.89. The third-order valence-corrected chi connectivity index (χ3v) is 7.84. The van der Waals surface area contributed by atoms with E-state index in [-0.39, 0.29) is 21.1 Å². The van der Waals surface area contributed by atoms with Gasteiger partial charge in [-0.05, 0) is 15.9 Å². The van der Waals surface area contributed by atoms with Crippen LogP contribution in [0.2, 0.25) is 5.15 Å². The summed E-state index contributed by atoms with van der Waals surface area (Å²) in [5, 5.41) is 20.5. The van der Waals surface area contributed by atoms with E-state index in [9.17, 15) is 24.2 Å². The van der Waals surface area contributed by atoms with Crippen LogP contribution in [0, 0.1) is 0 Å². The Morgan fingerprint density at radius 2 is 1.93 bits per heavy atom. The molecule has 0 bridgehead atoms. The summed E-state index contributed by atoms with van der Waals surface area (Å²) >= 11 is 9.05. The lowest BCUT2D eigenvalue weighted by Gasteiger charge is -2.18. The van der Waals surface area contributed by atoms with Crippen molar-refractivity contribution in [1.82, 2.24) is 19.5 Å². The Morgan fingerprint density at radius 3 is 2.57 bits per heavy atom. The SMILES string of the molecule is O=P(O)(O)CP(=O)(O)OC[C@H]1O[C@@H](n2cnc3c(Cl)nc(Br)nc32)C(O)C1O. The van der Waals surface area contributed by atoms with Crippen LogP contribution in [0.15, 0.2) is 11.1 Å². The van der Waals surface area contributed by atoms with Crippen molar-refractivity contribution in [3.63, 3.8) is 0 Å². The molecule has 0 aliphatic carbocycles. The van der Waals surface area contributed by atoms with E-state index in [1.54, 1.807) is 0 Å². The van der Waals surface area contributed by atoms with E-state index < -0.39 is 52.2 Å². The molecule has 5 atom stereocenters. The van der Waals surface area contributed by atoms with Gasteiger partial charge < -0.3 is 34.2 Å². The molecule has 0 amide bonds. The maximum atomic E-state index is 11.7. The zero-order chi connectivity index (χ0) is 20.9. The van der Waals surface area contributed by atoms with Crippen LogP contribution < -0.4 is 0 Å². The quantitative estimate of drug-likeness (QED) is 0.196. The summed E-state index contributed by atoms with van der Waals surface area (Å²) in [6.45, 7) is -0.700. The van der Waals surface area contributed by atoms with Crippen LogP contribution in [0.3, 0.4) is 0 Å². The maximum absolute atomic E-state index is 11.7. The molecule has 2 aromatic rings. The number of aromatic nitrogens is 4. The monoisotopic (exact) mass is 522 g/mol. The van der Waals surface area contributed by atoms with E-state index in [4.69, 9.17) is 26.1 Å². The molecule has 3 unspecified atom stereocenters. The van der Waals surface area contributed by atoms with Gasteiger partial charge in [0.05, 0.1) is 12.9 Å². The summed E-state index contributed by atoms with van der Waals surface area (Å²) in [5.41, 5.74) is 0.412. The molecule has 13 nitrogen and oxygen atoms in total. The highest BCUT2D eigenvalue weighted by molar-refractivity contribution is 9.10. The molecule has 1 aliphatic heterocycles. The first-order valence-corrected chi connectivity index (χ1v) is 12.2. The number of aliphatic hydroxyl groups is 2. The molecule has 1 fully saturated rings. The fourth-order valence-corrected chi connectivity index (χ4v) is 5.83. The molecule has 5 N–H and O–H groups in total. The largest absolute Gasteiger partial charge is 0.387 e. The van der Waals surface area contributed by atoms with Gasteiger partial charge in [0.1, 0.15) is 23.8 Å². The first kappa shape index (κ1) is 22.2. The zero-order valence-electron chi connectivity index (χ0n) is 13.6. The Bertz CT molecular complexity index is 986. The van der Waals surface area contributed by atoms with Crippen LogP contribution >= 0.6 is 42.7 Å². The molecule has 1 saturated heterocycles. The third kappa shape index (κ3) is 4.79. The van der Waals surface area contributed by atoms with E-state index in [0.29, 0.717) is 0 Å². The lowest BCUT2D eigenvalue weighted by atomic mass is 10.1. The van der Waals surface area contributed by atoms with E-state index in [1.165, 1.54) is 10.9 Å². The molecule has 0 aromatic carbocycles. The van der Waals surface area contributed by atoms with E-state index in [2.05, 4.69) is 35.4 Å². The standard InChI is InChI=1S/C11H14BrClN4O9P2/c12-11-15-8(13)5-9(16-11)17(2-14-5)10-7(19)6(18)4(26-10)1-25-28(23,24)3-27(20,21)22/h2,4,6-7,10,18-19H,1,3H2,(H,23,24)(H2,20,21,22)/t4-,6?,7?,10-/m1/s1. The number of aliphatic hydroxyl groups excluding tert-OH is 2. The van der Waals surface area contributed by atoms with Gasteiger partial charge in [-0.3, -0.25) is 13.7 Å². The third-order valence-electron chi connectivity index (χ3n) is 3.77. The molecule has 17 heteroatoms. The lowest BCUT2D eigenvalue weighted by molar-refractivity contribution is -0.0483. The second-order valence-corrected chi connectivity index (χ2v) is 11.0. The number of ether oxygens (including phenoxy) is 1. The van der Waals surface area contributed by atoms with Crippen LogP contribution in [-0.4, -0.2) is 75.2 Å². The van der Waals surface area contributed by atoms with Gasteiger partial charge in [-0.15, -0.1) is 0 Å². The fourth-order valence-electron chi connectivity index (χ4n) is 2.60. The topological polar surface area (TPSA) is 197 Å². The van der Waals surface area contributed by atoms with Gasteiger partial charge in [0.2, 0.25) is 0 Å². The summed E-state index contributed by atoms with van der Waals surface area (Å²) < 4.78 is 34.2. The predicted molar refractivity (Wildman–Crippen MR) is 96.6 cm³/mol. The average molecular weight is 524 g/mol. The van der Waals surface area contributed by atoms with Gasteiger partial charge in [-0.1, -0.05) is 11.6 Å². The lowest BCUT2D eigenvalue weighted by Crippen LogP contribution is -2.33. The van der Waals surface area contributed by atoms with Crippen molar-refractivity contribution in [2.24, 2.45) is 0 Å². The molecule has 156 valence electrons. The van der Waals surface area contributed by atoms with Gasteiger partial charge in [0.25, 0.3) is 0 Å². The van der Waals surface area contributed by atoms with Crippen molar-refractivity contribution in [3.05, 3.63) is 16.2 Å². The Balaban J connectivity index is 1.78. The minimum absolute atomic E-state index is 0.0437. The Hall–Kier alpha value is -0.500. The maximum Gasteiger partial charge on any atom is 0.340 e. The first-order chi connectivity index (χ1) is 12.9. The number of hydrogen-bond acceptors (Lipinski definition) is 9. The normalized spacial score (nSPS) is 28.0. The number of halogens is 2. The number of hydrogen-bond donors (Lipinski definition) is 5. The highest BCUT2D eigenvalue weighted by Gasteiger charge is 2.45. The number of rotatable bonds is 6. The summed E-state index contributed by atoms with van der Waals surface area (Å²) in [6.07, 6.45) is -4.22. The summed E-state index contributed by atoms with van der Waals surface area (Å²) in [5.74, 6) is -1.38. The van der Waals surface area contributed by atoms with Crippen LogP contribution in [0.1, 0.15) is 6.23 Å². The molecular weight excluding hydrogens is 509 g/mol. The molecule has 3 rings (SSSR count). The minimum Gasteiger partial charge on any atom is -0.387 e. The molecule has 1 aliphatic rings. The molecule has 3 heterocycles. The highest BCUT2D eigenvalue weighted by Crippen LogP contribution is 2.55. The predicted octanol–water partition coefficient (Wildman–Crippen LogP) is 0.199. The molecule has 28 heavy (non-hydrogen) atoms. The van der Waals surface area contributed by atoms with Crippen LogP contribution in [-0.2, 0) is 18.4 Å². The van der Waals surface area contributed by atoms with E-state index in [1.807, 2.05) is 0 Å². The van der Waals surface area contributed by atoms with Crippen molar-refractivity contribution in [3.8, 4) is 0 Å². The van der Waals surface area contributed by atoms with Gasteiger partial charge in [-0.2, -0.15) is 0 Å². The molecule has 0 radical (unpaired) electrons. The van der Waals surface area contributed by atoms with Crippen molar-refractivity contribution in [2.45, 2.75) is 24.5 Å². The summed E-state index contributed by atoms with van der Waals surface area (Å²) in [6, 6.07) is 0. The minimum atomic E-state index is -4.80. The summed E-state index contributed by atoms with van der Waals surface area (Å²) in [4.78, 5) is 39.1. The molecule has 2 aromatic heterocycles. The van der Waals surface area contributed by atoms with Crippen LogP contribution in [0.5, 0.6) is 0 Å². The van der Waals surface area contributed by atoms with Gasteiger partial charge in [0, 0.05) is 0 Å². The average Bonchev–Trinajstić information content (AvgIpc) is 3.06. The Morgan fingerprint density at radius 1 is 1.25 bits per heavy atom. The van der Waals surface area contributed by atoms with Gasteiger partial charge in [-0.25, -0.2) is 15.0 Å². The van der Waals surface area contributed by atoms with Gasteiger partial charge >= 0.3 is 15.2 Å². The van der Waals surface area contributed by atoms with Crippen molar-refractivity contribution >= 4 is 53.9 Å². The van der Waals surface area contributed by atoms with Crippen LogP contribution in [0.25, 0.3) is 11.2 Å². The summed E-state index contributed by atoms with van der Waals surface area (Å²) in [7, 11) is -9.44. The smallest absolute Gasteiger partial charge is 0.340 e. The van der Waals surface area contributed by atoms with Crippen molar-refractivity contribution in [1.29, 1.82) is 0 Å². The van der Waals surface area contributed by atoms with Crippen LogP contribution in [0.4, 0.5) is 0 Å². The first-order valence-electron chi connectivity index (χ1n) is 7.46. The highest BCUT2D eigenvalue weighted by atomic mass is 79.9. The number of nitrogens with zero attached hydrogens (tertiary/aromatic N) is 4. The number of imidazole rings is 1. The fraction of sp³-hybridized carbons (Fsp3) is 0.545. The number of fused-ring (bicyclic) bond motifs is 1. The molecular formula is C11H14BrClN4O9P2. The van der Waals surface area contributed by atoms with Crippen molar-refractivity contribution in [2.75, 3.05) is 12.5 Å². The van der Waals surface area contributed by atoms with E-state index in [0.717, 1.165) is 0 Å². The Labute approximate surface area is 170 Å². The van der Waals surface area contributed by atoms with E-state index >= 15 is 0 Å². The van der Waals surface area contributed by atoms with Gasteiger partial charge in [0.15, 0.2) is 27.7 Å². The molecule has 0 saturated carbocycles. The zero-order valence-corrected chi connectivity index (χ0v) is 17.7. The van der Waals surface area contributed by atoms with Crippen molar-refractivity contribution < 1.29 is 43.3 Å².